The molecule has 42 heavy (non-hydrogen) atoms. The number of esters is 1. The standard InChI is InChI=1S/C32H49NO9/c1-18(4-9-26(34)33-25(30(40)41)17-28(37)38)22-7-8-23-21-6-5-19-16-20(42-29(39)11-10-27(35)36)12-14-31(19,2)24(21)13-15-32(22,23)3/h18-25H,4-17H2,1-3H3,(H,33,34)(H,35,36)(H,37,38)(H,40,41)/t18-,19-,20-,21?,22?,23+,24?,25+,31+,32-/m1/s1. The first kappa shape index (κ1) is 32.3. The molecule has 0 aromatic carbocycles. The molecule has 4 saturated carbocycles. The van der Waals surface area contributed by atoms with E-state index in [1.807, 2.05) is 0 Å². The second kappa shape index (κ2) is 12.9. The first-order chi connectivity index (χ1) is 19.7. The number of hydrogen-bond acceptors (Lipinski definition) is 6. The van der Waals surface area contributed by atoms with Crippen molar-refractivity contribution in [3.8, 4) is 0 Å². The topological polar surface area (TPSA) is 167 Å². The third-order valence-electron chi connectivity index (χ3n) is 12.1. The number of carbonyl (C=O) groups is 5. The molecule has 0 saturated heterocycles. The van der Waals surface area contributed by atoms with Gasteiger partial charge in [-0.05, 0) is 111 Å². The predicted octanol–water partition coefficient (Wildman–Crippen LogP) is 4.88. The highest BCUT2D eigenvalue weighted by Crippen LogP contribution is 2.68. The van der Waals surface area contributed by atoms with Gasteiger partial charge >= 0.3 is 23.9 Å². The summed E-state index contributed by atoms with van der Waals surface area (Å²) >= 11 is 0. The lowest BCUT2D eigenvalue weighted by molar-refractivity contribution is -0.164. The van der Waals surface area contributed by atoms with Gasteiger partial charge in [0.25, 0.3) is 0 Å². The number of aliphatic carboxylic acids is 3. The van der Waals surface area contributed by atoms with Crippen molar-refractivity contribution in [2.45, 2.75) is 123 Å². The second-order valence-corrected chi connectivity index (χ2v) is 14.2. The largest absolute Gasteiger partial charge is 0.481 e. The molecule has 0 radical (unpaired) electrons. The van der Waals surface area contributed by atoms with Crippen molar-refractivity contribution < 1.29 is 44.0 Å². The fraction of sp³-hybridized carbons (Fsp3) is 0.844. The van der Waals surface area contributed by atoms with Gasteiger partial charge in [-0.3, -0.25) is 19.2 Å². The zero-order valence-corrected chi connectivity index (χ0v) is 25.3. The van der Waals surface area contributed by atoms with Crippen LogP contribution in [0, 0.1) is 46.3 Å². The molecular formula is C32H49NO9. The van der Waals surface area contributed by atoms with E-state index in [-0.39, 0.29) is 36.2 Å². The number of nitrogens with one attached hydrogen (secondary N) is 1. The van der Waals surface area contributed by atoms with E-state index in [1.165, 1.54) is 19.3 Å². The smallest absolute Gasteiger partial charge is 0.326 e. The fourth-order valence-corrected chi connectivity index (χ4v) is 9.96. The summed E-state index contributed by atoms with van der Waals surface area (Å²) in [5.74, 6) is -1.10. The maximum absolute atomic E-state index is 12.5. The van der Waals surface area contributed by atoms with E-state index in [1.54, 1.807) is 0 Å². The van der Waals surface area contributed by atoms with Crippen LogP contribution in [-0.4, -0.2) is 57.2 Å². The highest BCUT2D eigenvalue weighted by molar-refractivity contribution is 5.86. The third-order valence-corrected chi connectivity index (χ3v) is 12.1. The van der Waals surface area contributed by atoms with Crippen LogP contribution in [0.25, 0.3) is 0 Å². The van der Waals surface area contributed by atoms with Gasteiger partial charge in [-0.15, -0.1) is 0 Å². The molecule has 1 amide bonds. The molecule has 0 bridgehead atoms. The number of rotatable bonds is 12. The quantitative estimate of drug-likeness (QED) is 0.231. The Morgan fingerprint density at radius 2 is 1.52 bits per heavy atom. The van der Waals surface area contributed by atoms with E-state index in [2.05, 4.69) is 26.1 Å². The van der Waals surface area contributed by atoms with Crippen molar-refractivity contribution in [2.24, 2.45) is 46.3 Å². The maximum atomic E-state index is 12.5. The molecule has 4 aliphatic rings. The van der Waals surface area contributed by atoms with E-state index in [0.717, 1.165) is 38.5 Å². The van der Waals surface area contributed by atoms with Crippen molar-refractivity contribution in [3.63, 3.8) is 0 Å². The Morgan fingerprint density at radius 3 is 2.19 bits per heavy atom. The number of carbonyl (C=O) groups excluding carboxylic acids is 2. The Bertz CT molecular complexity index is 1060. The van der Waals surface area contributed by atoms with Gasteiger partial charge in [-0.2, -0.15) is 0 Å². The van der Waals surface area contributed by atoms with Crippen molar-refractivity contribution in [3.05, 3.63) is 0 Å². The highest BCUT2D eigenvalue weighted by Gasteiger charge is 2.60. The minimum absolute atomic E-state index is 0.0728. The third kappa shape index (κ3) is 6.77. The summed E-state index contributed by atoms with van der Waals surface area (Å²) in [5.41, 5.74) is 0.441. The SMILES string of the molecule is C[C@H](CCC(=O)N[C@@H](CC(=O)O)C(=O)O)C1CC[C@H]2C3CC[C@@H]4C[C@H](OC(=O)CCC(=O)O)CC[C@]4(C)C3CC[C@]12C. The Hall–Kier alpha value is -2.65. The highest BCUT2D eigenvalue weighted by atomic mass is 16.5. The summed E-state index contributed by atoms with van der Waals surface area (Å²) in [7, 11) is 0. The number of hydrogen-bond donors (Lipinski definition) is 4. The number of amides is 1. The summed E-state index contributed by atoms with van der Waals surface area (Å²) in [6, 6.07) is -1.41. The van der Waals surface area contributed by atoms with Gasteiger partial charge in [0.1, 0.15) is 12.1 Å². The van der Waals surface area contributed by atoms with Crippen LogP contribution in [0.1, 0.15) is 111 Å². The van der Waals surface area contributed by atoms with E-state index in [0.29, 0.717) is 41.9 Å². The van der Waals surface area contributed by atoms with E-state index < -0.39 is 42.2 Å². The summed E-state index contributed by atoms with van der Waals surface area (Å²) in [4.78, 5) is 57.8. The molecular weight excluding hydrogens is 542 g/mol. The molecule has 4 fully saturated rings. The first-order valence-corrected chi connectivity index (χ1v) is 15.9. The van der Waals surface area contributed by atoms with Gasteiger partial charge in [0.15, 0.2) is 0 Å². The average molecular weight is 592 g/mol. The predicted molar refractivity (Wildman–Crippen MR) is 152 cm³/mol. The van der Waals surface area contributed by atoms with Gasteiger partial charge in [-0.25, -0.2) is 4.79 Å². The molecule has 10 atom stereocenters. The molecule has 0 aliphatic heterocycles. The van der Waals surface area contributed by atoms with Crippen molar-refractivity contribution in [1.82, 2.24) is 5.32 Å². The molecule has 4 aliphatic carbocycles. The van der Waals surface area contributed by atoms with Gasteiger partial charge in [-0.1, -0.05) is 20.8 Å². The van der Waals surface area contributed by atoms with E-state index in [4.69, 9.17) is 14.9 Å². The Balaban J connectivity index is 1.33. The van der Waals surface area contributed by atoms with Crippen LogP contribution in [0.4, 0.5) is 0 Å². The monoisotopic (exact) mass is 591 g/mol. The molecule has 0 aromatic rings. The minimum atomic E-state index is -1.41. The van der Waals surface area contributed by atoms with Crippen LogP contribution in [0.5, 0.6) is 0 Å². The summed E-state index contributed by atoms with van der Waals surface area (Å²) < 4.78 is 5.70. The molecule has 4 rings (SSSR count). The van der Waals surface area contributed by atoms with Crippen LogP contribution in [0.3, 0.4) is 0 Å². The molecule has 0 aromatic heterocycles. The zero-order valence-electron chi connectivity index (χ0n) is 25.3. The van der Waals surface area contributed by atoms with Crippen molar-refractivity contribution in [1.29, 1.82) is 0 Å². The number of carboxylic acid groups (broad SMARTS) is 3. The number of fused-ring (bicyclic) bond motifs is 5. The summed E-state index contributed by atoms with van der Waals surface area (Å²) in [6.07, 6.45) is 9.58. The van der Waals surface area contributed by atoms with Crippen molar-refractivity contribution in [2.75, 3.05) is 0 Å². The lowest BCUT2D eigenvalue weighted by Crippen LogP contribution is -2.54. The minimum Gasteiger partial charge on any atom is -0.481 e. The van der Waals surface area contributed by atoms with Crippen LogP contribution in [0.15, 0.2) is 0 Å². The number of carboxylic acids is 3. The zero-order chi connectivity index (χ0) is 30.8. The maximum Gasteiger partial charge on any atom is 0.326 e. The summed E-state index contributed by atoms with van der Waals surface area (Å²) in [5, 5.41) is 29.4. The molecule has 10 nitrogen and oxygen atoms in total. The van der Waals surface area contributed by atoms with Gasteiger partial charge < -0.3 is 25.4 Å². The van der Waals surface area contributed by atoms with Gasteiger partial charge in [0.05, 0.1) is 19.3 Å². The lowest BCUT2D eigenvalue weighted by Gasteiger charge is -2.61. The Morgan fingerprint density at radius 1 is 0.833 bits per heavy atom. The van der Waals surface area contributed by atoms with E-state index >= 15 is 0 Å². The molecule has 0 heterocycles. The summed E-state index contributed by atoms with van der Waals surface area (Å²) in [6.45, 7) is 7.13. The van der Waals surface area contributed by atoms with Gasteiger partial charge in [0.2, 0.25) is 5.91 Å². The Kier molecular flexibility index (Phi) is 9.93. The normalized spacial score (nSPS) is 36.8. The molecule has 10 heteroatoms. The van der Waals surface area contributed by atoms with Crippen LogP contribution >= 0.6 is 0 Å². The molecule has 0 spiro atoms. The molecule has 3 unspecified atom stereocenters. The van der Waals surface area contributed by atoms with E-state index in [9.17, 15) is 29.1 Å². The van der Waals surface area contributed by atoms with Crippen LogP contribution < -0.4 is 5.32 Å². The second-order valence-electron chi connectivity index (χ2n) is 14.2. The van der Waals surface area contributed by atoms with Crippen LogP contribution in [-0.2, 0) is 28.7 Å². The van der Waals surface area contributed by atoms with Gasteiger partial charge in [0, 0.05) is 6.42 Å². The average Bonchev–Trinajstić information content (AvgIpc) is 3.27. The van der Waals surface area contributed by atoms with Crippen LogP contribution in [0.2, 0.25) is 0 Å². The molecule has 236 valence electrons. The fourth-order valence-electron chi connectivity index (χ4n) is 9.96. The molecule has 4 N–H and O–H groups in total. The van der Waals surface area contributed by atoms with Crippen molar-refractivity contribution >= 4 is 29.8 Å². The number of ether oxygens (including phenoxy) is 1. The Labute approximate surface area is 248 Å². The lowest BCUT2D eigenvalue weighted by atomic mass is 9.44. The first-order valence-electron chi connectivity index (χ1n) is 15.9.